The molecule has 0 spiro atoms. The maximum absolute atomic E-state index is 10.5. The summed E-state index contributed by atoms with van der Waals surface area (Å²) in [5.41, 5.74) is 0. The van der Waals surface area contributed by atoms with Crippen LogP contribution in [0.2, 0.25) is 0 Å². The Kier molecular flexibility index (Phi) is 22.7. The topological polar surface area (TPSA) is 37.3 Å². The lowest BCUT2D eigenvalue weighted by atomic mass is 10.0. The summed E-state index contributed by atoms with van der Waals surface area (Å²) in [6.45, 7) is 4.65. The van der Waals surface area contributed by atoms with Crippen molar-refractivity contribution in [3.63, 3.8) is 0 Å². The molecule has 0 aliphatic rings. The van der Waals surface area contributed by atoms with Gasteiger partial charge in [-0.25, -0.2) is 0 Å². The fourth-order valence-electron chi connectivity index (χ4n) is 3.65. The molecule has 0 bridgehead atoms. The molecule has 0 heterocycles. The number of carboxylic acid groups (broad SMARTS) is 1. The van der Waals surface area contributed by atoms with E-state index in [-0.39, 0.29) is 6.42 Å². The molecular weight excluding hydrogens is 436 g/mol. The second-order valence-corrected chi connectivity index (χ2v) is 10.2. The van der Waals surface area contributed by atoms with Gasteiger partial charge in [-0.3, -0.25) is 4.79 Å². The van der Waals surface area contributed by atoms with E-state index in [1.54, 1.807) is 0 Å². The average Bonchev–Trinajstić information content (AvgIpc) is 2.70. The van der Waals surface area contributed by atoms with E-state index in [4.69, 9.17) is 5.11 Å². The van der Waals surface area contributed by atoms with Crippen LogP contribution in [0.4, 0.5) is 0 Å². The van der Waals surface area contributed by atoms with Gasteiger partial charge in [0.15, 0.2) is 0 Å². The predicted octanol–water partition coefficient (Wildman–Crippen LogP) is 9.97. The van der Waals surface area contributed by atoms with Crippen LogP contribution in [-0.4, -0.2) is 11.1 Å². The Balaban J connectivity index is 3.26. The van der Waals surface area contributed by atoms with Crippen LogP contribution in [0.5, 0.6) is 0 Å². The molecule has 1 N–H and O–H groups in total. The molecule has 0 radical (unpaired) electrons. The molecular formula is C27H49BrO2. The third kappa shape index (κ3) is 25.5. The van der Waals surface area contributed by atoms with Crippen molar-refractivity contribution >= 4 is 21.9 Å². The van der Waals surface area contributed by atoms with Crippen molar-refractivity contribution in [3.8, 4) is 0 Å². The number of hydrogen-bond donors (Lipinski definition) is 1. The maximum atomic E-state index is 10.5. The number of aliphatic carboxylic acids is 1. The molecule has 0 rings (SSSR count). The van der Waals surface area contributed by atoms with Crippen molar-refractivity contribution in [2.45, 2.75) is 136 Å². The van der Waals surface area contributed by atoms with E-state index in [1.807, 2.05) is 0 Å². The summed E-state index contributed by atoms with van der Waals surface area (Å²) in [5, 5.41) is 8.62. The number of carboxylic acids is 1. The van der Waals surface area contributed by atoms with Gasteiger partial charge >= 0.3 is 5.97 Å². The Hall–Kier alpha value is -0.570. The molecule has 0 saturated heterocycles. The van der Waals surface area contributed by atoms with Gasteiger partial charge < -0.3 is 5.11 Å². The summed E-state index contributed by atoms with van der Waals surface area (Å²) in [6.07, 6.45) is 30.2. The summed E-state index contributed by atoms with van der Waals surface area (Å²) < 4.78 is 1.20. The van der Waals surface area contributed by atoms with Crippen LogP contribution in [0.3, 0.4) is 0 Å². The normalized spacial score (nSPS) is 12.3. The van der Waals surface area contributed by atoms with Crippen molar-refractivity contribution < 1.29 is 9.90 Å². The summed E-state index contributed by atoms with van der Waals surface area (Å²) in [7, 11) is 0. The Morgan fingerprint density at radius 3 is 1.73 bits per heavy atom. The van der Waals surface area contributed by atoms with Crippen molar-refractivity contribution in [1.29, 1.82) is 0 Å². The fraction of sp³-hybridized carbons (Fsp3) is 0.815. The lowest BCUT2D eigenvalue weighted by molar-refractivity contribution is -0.137. The van der Waals surface area contributed by atoms with Crippen LogP contribution in [0, 0.1) is 5.92 Å². The zero-order chi connectivity index (χ0) is 22.3. The molecule has 0 aliphatic carbocycles. The first-order chi connectivity index (χ1) is 14.5. The molecule has 0 saturated carbocycles. The molecule has 2 nitrogen and oxygen atoms in total. The van der Waals surface area contributed by atoms with Gasteiger partial charge in [-0.05, 0) is 48.9 Å². The number of rotatable bonds is 22. The maximum Gasteiger partial charge on any atom is 0.303 e. The van der Waals surface area contributed by atoms with Gasteiger partial charge in [-0.2, -0.15) is 0 Å². The number of allylic oxidation sites excluding steroid dienone is 4. The highest BCUT2D eigenvalue weighted by molar-refractivity contribution is 9.11. The predicted molar refractivity (Wildman–Crippen MR) is 136 cm³/mol. The fourth-order valence-corrected chi connectivity index (χ4v) is 4.11. The summed E-state index contributed by atoms with van der Waals surface area (Å²) in [5.74, 6) is 0.167. The van der Waals surface area contributed by atoms with E-state index < -0.39 is 5.97 Å². The third-order valence-corrected chi connectivity index (χ3v) is 6.30. The van der Waals surface area contributed by atoms with Gasteiger partial charge in [0, 0.05) is 6.42 Å². The quantitative estimate of drug-likeness (QED) is 0.122. The first kappa shape index (κ1) is 29.4. The van der Waals surface area contributed by atoms with Gasteiger partial charge in [-0.15, -0.1) is 0 Å². The smallest absolute Gasteiger partial charge is 0.303 e. The second-order valence-electron chi connectivity index (χ2n) is 9.16. The number of halogens is 1. The number of hydrogen-bond acceptors (Lipinski definition) is 1. The lowest BCUT2D eigenvalue weighted by Gasteiger charge is -2.04. The zero-order valence-corrected chi connectivity index (χ0v) is 21.6. The Labute approximate surface area is 196 Å². The molecule has 0 fully saturated rings. The Morgan fingerprint density at radius 1 is 0.700 bits per heavy atom. The molecule has 0 atom stereocenters. The van der Waals surface area contributed by atoms with E-state index in [0.717, 1.165) is 31.6 Å². The van der Waals surface area contributed by atoms with Crippen molar-refractivity contribution in [3.05, 3.63) is 22.7 Å². The third-order valence-electron chi connectivity index (χ3n) is 5.58. The highest BCUT2D eigenvalue weighted by atomic mass is 79.9. The van der Waals surface area contributed by atoms with Crippen LogP contribution in [0.25, 0.3) is 0 Å². The van der Waals surface area contributed by atoms with Gasteiger partial charge in [0.25, 0.3) is 0 Å². The standard InChI is InChI=1S/C27H49BrO2/c1-25(2)21-17-15-13-11-9-7-5-3-4-6-8-10-12-14-16-18-22-26(28)23-19-20-24-27(29)30/h14,16,23,25H,3-13,15,17-22,24H2,1-2H3,(H,29,30). The lowest BCUT2D eigenvalue weighted by Crippen LogP contribution is -1.92. The SMILES string of the molecule is CC(C)CCCCCCCCCCCCCCC=CCCC(Br)=CCCCC(=O)O. The van der Waals surface area contributed by atoms with E-state index in [9.17, 15) is 4.79 Å². The molecule has 0 aliphatic heterocycles. The second kappa shape index (κ2) is 23.1. The summed E-state index contributed by atoms with van der Waals surface area (Å²) in [6, 6.07) is 0. The van der Waals surface area contributed by atoms with Gasteiger partial charge in [0.2, 0.25) is 0 Å². The van der Waals surface area contributed by atoms with Crippen LogP contribution in [0.1, 0.15) is 136 Å². The summed E-state index contributed by atoms with van der Waals surface area (Å²) >= 11 is 3.58. The number of carbonyl (C=O) groups is 1. The molecule has 176 valence electrons. The first-order valence-electron chi connectivity index (χ1n) is 12.7. The van der Waals surface area contributed by atoms with Crippen molar-refractivity contribution in [2.75, 3.05) is 0 Å². The van der Waals surface area contributed by atoms with Crippen molar-refractivity contribution in [1.82, 2.24) is 0 Å². The van der Waals surface area contributed by atoms with Crippen LogP contribution in [-0.2, 0) is 4.79 Å². The molecule has 0 unspecified atom stereocenters. The Morgan fingerprint density at radius 2 is 1.20 bits per heavy atom. The molecule has 0 aromatic carbocycles. The summed E-state index contributed by atoms with van der Waals surface area (Å²) in [4.78, 5) is 10.5. The highest BCUT2D eigenvalue weighted by Gasteiger charge is 1.97. The largest absolute Gasteiger partial charge is 0.481 e. The minimum absolute atomic E-state index is 0.259. The van der Waals surface area contributed by atoms with Crippen molar-refractivity contribution in [2.24, 2.45) is 5.92 Å². The van der Waals surface area contributed by atoms with E-state index in [1.165, 1.54) is 94.4 Å². The minimum Gasteiger partial charge on any atom is -0.481 e. The Bertz CT molecular complexity index is 440. The molecule has 30 heavy (non-hydrogen) atoms. The molecule has 0 aromatic rings. The van der Waals surface area contributed by atoms with Crippen LogP contribution in [0.15, 0.2) is 22.7 Å². The molecule has 0 amide bonds. The number of unbranched alkanes of at least 4 members (excludes halogenated alkanes) is 13. The average molecular weight is 486 g/mol. The zero-order valence-electron chi connectivity index (χ0n) is 20.0. The van der Waals surface area contributed by atoms with Crippen LogP contribution >= 0.6 is 15.9 Å². The van der Waals surface area contributed by atoms with Gasteiger partial charge in [0.05, 0.1) is 0 Å². The van der Waals surface area contributed by atoms with E-state index in [0.29, 0.717) is 0 Å². The van der Waals surface area contributed by atoms with Crippen LogP contribution < -0.4 is 0 Å². The van der Waals surface area contributed by atoms with Gasteiger partial charge in [-0.1, -0.05) is 125 Å². The van der Waals surface area contributed by atoms with E-state index >= 15 is 0 Å². The minimum atomic E-state index is -0.708. The van der Waals surface area contributed by atoms with E-state index in [2.05, 4.69) is 48.0 Å². The molecule has 3 heteroatoms. The van der Waals surface area contributed by atoms with Gasteiger partial charge in [0.1, 0.15) is 0 Å². The first-order valence-corrected chi connectivity index (χ1v) is 13.5. The highest BCUT2D eigenvalue weighted by Crippen LogP contribution is 2.16. The monoisotopic (exact) mass is 484 g/mol. The molecule has 0 aromatic heterocycles.